The van der Waals surface area contributed by atoms with E-state index < -0.39 is 0 Å². The predicted octanol–water partition coefficient (Wildman–Crippen LogP) is 3.90. The van der Waals surface area contributed by atoms with Crippen molar-refractivity contribution < 1.29 is 9.59 Å². The molecule has 2 N–H and O–H groups in total. The molecule has 0 aromatic heterocycles. The lowest BCUT2D eigenvalue weighted by atomic mass is 9.96. The van der Waals surface area contributed by atoms with Crippen LogP contribution in [-0.2, 0) is 11.3 Å². The highest BCUT2D eigenvalue weighted by Gasteiger charge is 2.27. The van der Waals surface area contributed by atoms with Gasteiger partial charge in [-0.05, 0) is 36.6 Å². The Labute approximate surface area is 158 Å². The van der Waals surface area contributed by atoms with Crippen molar-refractivity contribution in [3.63, 3.8) is 0 Å². The van der Waals surface area contributed by atoms with Crippen LogP contribution in [0.1, 0.15) is 18.4 Å². The van der Waals surface area contributed by atoms with Crippen molar-refractivity contribution in [3.8, 4) is 0 Å². The molecule has 0 saturated carbocycles. The first-order chi connectivity index (χ1) is 12.6. The van der Waals surface area contributed by atoms with Crippen molar-refractivity contribution in [1.29, 1.82) is 0 Å². The van der Waals surface area contributed by atoms with E-state index in [2.05, 4.69) is 10.6 Å². The van der Waals surface area contributed by atoms with Crippen LogP contribution in [0.15, 0.2) is 54.6 Å². The Morgan fingerprint density at radius 2 is 1.65 bits per heavy atom. The Bertz CT molecular complexity index is 759. The number of benzene rings is 2. The van der Waals surface area contributed by atoms with E-state index in [0.29, 0.717) is 37.5 Å². The second-order valence-corrected chi connectivity index (χ2v) is 6.77. The summed E-state index contributed by atoms with van der Waals surface area (Å²) in [5, 5.41) is 6.48. The van der Waals surface area contributed by atoms with Crippen molar-refractivity contribution in [2.75, 3.05) is 18.4 Å². The first-order valence-electron chi connectivity index (χ1n) is 8.75. The molecule has 3 rings (SSSR count). The molecule has 0 radical (unpaired) electrons. The van der Waals surface area contributed by atoms with Crippen LogP contribution in [0, 0.1) is 5.92 Å². The first kappa shape index (κ1) is 18.3. The molecule has 1 heterocycles. The Morgan fingerprint density at radius 3 is 2.35 bits per heavy atom. The van der Waals surface area contributed by atoms with E-state index in [4.69, 9.17) is 11.6 Å². The van der Waals surface area contributed by atoms with Gasteiger partial charge in [-0.25, -0.2) is 4.79 Å². The summed E-state index contributed by atoms with van der Waals surface area (Å²) in [7, 11) is 0. The third-order valence-corrected chi connectivity index (χ3v) is 4.96. The SMILES string of the molecule is O=C(NCc1ccccc1Cl)C1CCN(C(=O)Nc2ccccc2)CC1. The Balaban J connectivity index is 1.45. The van der Waals surface area contributed by atoms with Gasteiger partial charge in [0.25, 0.3) is 0 Å². The molecule has 5 nitrogen and oxygen atoms in total. The monoisotopic (exact) mass is 371 g/mol. The predicted molar refractivity (Wildman–Crippen MR) is 103 cm³/mol. The van der Waals surface area contributed by atoms with Crippen LogP contribution >= 0.6 is 11.6 Å². The highest BCUT2D eigenvalue weighted by molar-refractivity contribution is 6.31. The normalized spacial score (nSPS) is 14.7. The van der Waals surface area contributed by atoms with Crippen molar-refractivity contribution in [2.45, 2.75) is 19.4 Å². The molecule has 1 fully saturated rings. The molecule has 1 aliphatic rings. The van der Waals surface area contributed by atoms with Crippen LogP contribution in [0.5, 0.6) is 0 Å². The van der Waals surface area contributed by atoms with E-state index in [1.54, 1.807) is 4.90 Å². The molecule has 1 aliphatic heterocycles. The smallest absolute Gasteiger partial charge is 0.321 e. The van der Waals surface area contributed by atoms with Gasteiger partial charge in [-0.15, -0.1) is 0 Å². The second kappa shape index (κ2) is 8.72. The number of hydrogen-bond donors (Lipinski definition) is 2. The molecule has 0 atom stereocenters. The lowest BCUT2D eigenvalue weighted by Gasteiger charge is -2.31. The fourth-order valence-electron chi connectivity index (χ4n) is 3.04. The lowest BCUT2D eigenvalue weighted by molar-refractivity contribution is -0.126. The standard InChI is InChI=1S/C20H22ClN3O2/c21-18-9-5-4-6-16(18)14-22-19(25)15-10-12-24(13-11-15)20(26)23-17-7-2-1-3-8-17/h1-9,15H,10-14H2,(H,22,25)(H,23,26). The fraction of sp³-hybridized carbons (Fsp3) is 0.300. The molecule has 136 valence electrons. The van der Waals surface area contributed by atoms with Crippen molar-refractivity contribution in [1.82, 2.24) is 10.2 Å². The lowest BCUT2D eigenvalue weighted by Crippen LogP contribution is -2.44. The zero-order chi connectivity index (χ0) is 18.4. The molecule has 0 aliphatic carbocycles. The Kier molecular flexibility index (Phi) is 6.12. The molecular weight excluding hydrogens is 350 g/mol. The summed E-state index contributed by atoms with van der Waals surface area (Å²) in [6.45, 7) is 1.57. The number of piperidine rings is 1. The number of hydrogen-bond acceptors (Lipinski definition) is 2. The summed E-state index contributed by atoms with van der Waals surface area (Å²) in [5.41, 5.74) is 1.68. The number of halogens is 1. The number of amides is 3. The number of rotatable bonds is 4. The van der Waals surface area contributed by atoms with E-state index in [0.717, 1.165) is 11.3 Å². The van der Waals surface area contributed by atoms with Gasteiger partial charge in [0.2, 0.25) is 5.91 Å². The summed E-state index contributed by atoms with van der Waals surface area (Å²) in [6, 6.07) is 16.7. The van der Waals surface area contributed by atoms with Crippen LogP contribution in [0.4, 0.5) is 10.5 Å². The molecule has 6 heteroatoms. The number of carbonyl (C=O) groups is 2. The van der Waals surface area contributed by atoms with Crippen LogP contribution in [-0.4, -0.2) is 29.9 Å². The van der Waals surface area contributed by atoms with Crippen LogP contribution < -0.4 is 10.6 Å². The first-order valence-corrected chi connectivity index (χ1v) is 9.13. The zero-order valence-corrected chi connectivity index (χ0v) is 15.2. The minimum atomic E-state index is -0.119. The van der Waals surface area contributed by atoms with E-state index >= 15 is 0 Å². The fourth-order valence-corrected chi connectivity index (χ4v) is 3.24. The number of carbonyl (C=O) groups excluding carboxylic acids is 2. The van der Waals surface area contributed by atoms with E-state index in [1.165, 1.54) is 0 Å². The molecule has 0 bridgehead atoms. The molecular formula is C20H22ClN3O2. The maximum absolute atomic E-state index is 12.4. The van der Waals surface area contributed by atoms with Crippen molar-refractivity contribution >= 4 is 29.2 Å². The van der Waals surface area contributed by atoms with Crippen LogP contribution in [0.3, 0.4) is 0 Å². The van der Waals surface area contributed by atoms with Gasteiger partial charge < -0.3 is 15.5 Å². The highest BCUT2D eigenvalue weighted by atomic mass is 35.5. The molecule has 3 amide bonds. The summed E-state index contributed by atoms with van der Waals surface area (Å²) < 4.78 is 0. The van der Waals surface area contributed by atoms with Gasteiger partial charge in [-0.2, -0.15) is 0 Å². The molecule has 1 saturated heterocycles. The molecule has 0 unspecified atom stereocenters. The van der Waals surface area contributed by atoms with Crippen molar-refractivity contribution in [3.05, 3.63) is 65.2 Å². The maximum atomic E-state index is 12.4. The average Bonchev–Trinajstić information content (AvgIpc) is 2.68. The van der Waals surface area contributed by atoms with Gasteiger partial charge in [-0.3, -0.25) is 4.79 Å². The second-order valence-electron chi connectivity index (χ2n) is 6.37. The summed E-state index contributed by atoms with van der Waals surface area (Å²) in [5.74, 6) is -0.0497. The topological polar surface area (TPSA) is 61.4 Å². The van der Waals surface area contributed by atoms with Gasteiger partial charge in [-0.1, -0.05) is 48.0 Å². The Morgan fingerprint density at radius 1 is 1.00 bits per heavy atom. The number of para-hydroxylation sites is 1. The molecule has 2 aromatic carbocycles. The largest absolute Gasteiger partial charge is 0.352 e. The maximum Gasteiger partial charge on any atom is 0.321 e. The van der Waals surface area contributed by atoms with Crippen LogP contribution in [0.2, 0.25) is 5.02 Å². The highest BCUT2D eigenvalue weighted by Crippen LogP contribution is 2.20. The van der Waals surface area contributed by atoms with Crippen LogP contribution in [0.25, 0.3) is 0 Å². The molecule has 0 spiro atoms. The number of nitrogens with zero attached hydrogens (tertiary/aromatic N) is 1. The minimum Gasteiger partial charge on any atom is -0.352 e. The number of anilines is 1. The number of likely N-dealkylation sites (tertiary alicyclic amines) is 1. The minimum absolute atomic E-state index is 0.0213. The van der Waals surface area contributed by atoms with Gasteiger partial charge in [0, 0.05) is 36.3 Å². The van der Waals surface area contributed by atoms with Gasteiger partial charge in [0.05, 0.1) is 0 Å². The third kappa shape index (κ3) is 4.76. The summed E-state index contributed by atoms with van der Waals surface area (Å²) in [4.78, 5) is 26.4. The summed E-state index contributed by atoms with van der Waals surface area (Å²) in [6.07, 6.45) is 1.33. The molecule has 2 aromatic rings. The van der Waals surface area contributed by atoms with Gasteiger partial charge in [0.15, 0.2) is 0 Å². The van der Waals surface area contributed by atoms with E-state index in [1.807, 2.05) is 54.6 Å². The van der Waals surface area contributed by atoms with Crippen molar-refractivity contribution in [2.24, 2.45) is 5.92 Å². The number of nitrogens with one attached hydrogen (secondary N) is 2. The molecule has 26 heavy (non-hydrogen) atoms. The van der Waals surface area contributed by atoms with Gasteiger partial charge >= 0.3 is 6.03 Å². The summed E-state index contributed by atoms with van der Waals surface area (Å²) >= 11 is 6.11. The van der Waals surface area contributed by atoms with E-state index in [-0.39, 0.29) is 17.9 Å². The average molecular weight is 372 g/mol. The quantitative estimate of drug-likeness (QED) is 0.856. The van der Waals surface area contributed by atoms with E-state index in [9.17, 15) is 9.59 Å². The van der Waals surface area contributed by atoms with Gasteiger partial charge in [0.1, 0.15) is 0 Å². The zero-order valence-electron chi connectivity index (χ0n) is 14.5. The Hall–Kier alpha value is -2.53. The third-order valence-electron chi connectivity index (χ3n) is 4.59. The number of urea groups is 1.